The van der Waals surface area contributed by atoms with Crippen LogP contribution in [0.15, 0.2) is 27.8 Å². The van der Waals surface area contributed by atoms with Crippen LogP contribution in [0.5, 0.6) is 0 Å². The largest absolute Gasteiger partial charge is 0.468 e. The van der Waals surface area contributed by atoms with Crippen molar-refractivity contribution in [2.75, 3.05) is 53.9 Å². The van der Waals surface area contributed by atoms with Gasteiger partial charge in [0.05, 0.1) is 12.3 Å². The Morgan fingerprint density at radius 3 is 2.58 bits per heavy atom. The summed E-state index contributed by atoms with van der Waals surface area (Å²) < 4.78 is 5.73. The van der Waals surface area contributed by atoms with E-state index in [9.17, 15) is 0 Å². The summed E-state index contributed by atoms with van der Waals surface area (Å²) in [5, 5.41) is 6.99. The lowest BCUT2D eigenvalue weighted by Crippen LogP contribution is -2.47. The number of piperidine rings is 1. The number of hydrogen-bond donors (Lipinski definition) is 2. The highest BCUT2D eigenvalue weighted by atomic mass is 16.3. The molecule has 1 aromatic rings. The third-order valence-corrected chi connectivity index (χ3v) is 4.87. The lowest BCUT2D eigenvalue weighted by atomic mass is 9.93. The van der Waals surface area contributed by atoms with Crippen LogP contribution in [0, 0.1) is 5.41 Å². The standard InChI is InChI=1S/C20H37N5O/c1-20(2,16-24(4)5)15-23-19(21-3)22-14-17(18-10-9-13-26-18)25-11-7-6-8-12-25/h9-10,13,17H,6-8,11-12,14-16H2,1-5H3,(H2,21,22,23). The van der Waals surface area contributed by atoms with Crippen molar-refractivity contribution in [2.24, 2.45) is 10.4 Å². The molecule has 6 heteroatoms. The van der Waals surface area contributed by atoms with E-state index in [-0.39, 0.29) is 11.5 Å². The number of guanidine groups is 1. The topological polar surface area (TPSA) is 56.0 Å². The molecule has 0 bridgehead atoms. The van der Waals surface area contributed by atoms with Crippen LogP contribution in [0.25, 0.3) is 0 Å². The first-order chi connectivity index (χ1) is 12.4. The maximum absolute atomic E-state index is 5.73. The van der Waals surface area contributed by atoms with Gasteiger partial charge in [-0.05, 0) is 57.6 Å². The second-order valence-corrected chi connectivity index (χ2v) is 8.34. The zero-order chi connectivity index (χ0) is 19.0. The van der Waals surface area contributed by atoms with E-state index in [1.54, 1.807) is 6.26 Å². The minimum atomic E-state index is 0.175. The molecule has 1 aliphatic heterocycles. The molecule has 2 heterocycles. The van der Waals surface area contributed by atoms with Crippen molar-refractivity contribution in [1.82, 2.24) is 20.4 Å². The van der Waals surface area contributed by atoms with Gasteiger partial charge in [0.1, 0.15) is 5.76 Å². The fourth-order valence-electron chi connectivity index (χ4n) is 3.77. The van der Waals surface area contributed by atoms with E-state index in [0.717, 1.165) is 44.4 Å². The van der Waals surface area contributed by atoms with E-state index in [2.05, 4.69) is 59.4 Å². The van der Waals surface area contributed by atoms with Gasteiger partial charge in [0.15, 0.2) is 5.96 Å². The number of likely N-dealkylation sites (tertiary alicyclic amines) is 1. The molecule has 0 amide bonds. The Morgan fingerprint density at radius 1 is 1.27 bits per heavy atom. The average molecular weight is 364 g/mol. The molecule has 0 radical (unpaired) electrons. The maximum atomic E-state index is 5.73. The molecule has 1 unspecified atom stereocenters. The van der Waals surface area contributed by atoms with E-state index in [4.69, 9.17) is 4.42 Å². The summed E-state index contributed by atoms with van der Waals surface area (Å²) in [6.45, 7) is 9.50. The van der Waals surface area contributed by atoms with Gasteiger partial charge in [-0.2, -0.15) is 0 Å². The molecule has 1 fully saturated rings. The number of aliphatic imine (C=N–C) groups is 1. The highest BCUT2D eigenvalue weighted by molar-refractivity contribution is 5.79. The van der Waals surface area contributed by atoms with Gasteiger partial charge in [0.25, 0.3) is 0 Å². The Bertz CT molecular complexity index is 532. The molecule has 1 saturated heterocycles. The quantitative estimate of drug-likeness (QED) is 0.549. The van der Waals surface area contributed by atoms with E-state index in [0.29, 0.717) is 0 Å². The summed E-state index contributed by atoms with van der Waals surface area (Å²) in [7, 11) is 6.06. The SMILES string of the molecule is CN=C(NCC(c1ccco1)N1CCCCC1)NCC(C)(C)CN(C)C. The maximum Gasteiger partial charge on any atom is 0.191 e. The van der Waals surface area contributed by atoms with E-state index in [1.807, 2.05) is 13.1 Å². The number of nitrogens with one attached hydrogen (secondary N) is 2. The van der Waals surface area contributed by atoms with E-state index in [1.165, 1.54) is 19.3 Å². The van der Waals surface area contributed by atoms with Crippen LogP contribution in [0.1, 0.15) is 44.9 Å². The smallest absolute Gasteiger partial charge is 0.191 e. The summed E-state index contributed by atoms with van der Waals surface area (Å²) in [6, 6.07) is 4.30. The minimum Gasteiger partial charge on any atom is -0.468 e. The van der Waals surface area contributed by atoms with Crippen LogP contribution >= 0.6 is 0 Å². The molecular formula is C20H37N5O. The van der Waals surface area contributed by atoms with Gasteiger partial charge in [-0.15, -0.1) is 0 Å². The Labute approximate surface area is 159 Å². The van der Waals surface area contributed by atoms with Crippen molar-refractivity contribution in [1.29, 1.82) is 0 Å². The molecule has 2 rings (SSSR count). The Hall–Kier alpha value is -1.53. The molecule has 0 spiro atoms. The summed E-state index contributed by atoms with van der Waals surface area (Å²) in [4.78, 5) is 9.15. The van der Waals surface area contributed by atoms with Crippen molar-refractivity contribution in [3.8, 4) is 0 Å². The van der Waals surface area contributed by atoms with E-state index < -0.39 is 0 Å². The van der Waals surface area contributed by atoms with Crippen LogP contribution < -0.4 is 10.6 Å². The second kappa shape index (κ2) is 9.97. The van der Waals surface area contributed by atoms with Crippen molar-refractivity contribution in [3.63, 3.8) is 0 Å². The molecule has 6 nitrogen and oxygen atoms in total. The van der Waals surface area contributed by atoms with Crippen molar-refractivity contribution in [2.45, 2.75) is 39.2 Å². The lowest BCUT2D eigenvalue weighted by molar-refractivity contribution is 0.146. The van der Waals surface area contributed by atoms with Gasteiger partial charge in [-0.25, -0.2) is 0 Å². The first-order valence-electron chi connectivity index (χ1n) is 9.78. The van der Waals surface area contributed by atoms with Crippen molar-refractivity contribution in [3.05, 3.63) is 24.2 Å². The number of rotatable bonds is 8. The average Bonchev–Trinajstić information content (AvgIpc) is 3.12. The number of nitrogens with zero attached hydrogens (tertiary/aromatic N) is 3. The van der Waals surface area contributed by atoms with Crippen LogP contribution in [0.3, 0.4) is 0 Å². The zero-order valence-electron chi connectivity index (χ0n) is 17.2. The van der Waals surface area contributed by atoms with Crippen molar-refractivity contribution < 1.29 is 4.42 Å². The van der Waals surface area contributed by atoms with Gasteiger partial charge in [0, 0.05) is 26.7 Å². The summed E-state index contributed by atoms with van der Waals surface area (Å²) >= 11 is 0. The predicted octanol–water partition coefficient (Wildman–Crippen LogP) is 2.56. The van der Waals surface area contributed by atoms with Gasteiger partial charge in [-0.3, -0.25) is 9.89 Å². The van der Waals surface area contributed by atoms with Crippen LogP contribution in [0.2, 0.25) is 0 Å². The third-order valence-electron chi connectivity index (χ3n) is 4.87. The normalized spacial score (nSPS) is 18.2. The molecule has 1 aliphatic rings. The van der Waals surface area contributed by atoms with Gasteiger partial charge in [0.2, 0.25) is 0 Å². The van der Waals surface area contributed by atoms with Crippen LogP contribution in [-0.4, -0.2) is 69.6 Å². The second-order valence-electron chi connectivity index (χ2n) is 8.34. The molecule has 1 aromatic heterocycles. The summed E-state index contributed by atoms with van der Waals surface area (Å²) in [6.07, 6.45) is 5.63. The highest BCUT2D eigenvalue weighted by Gasteiger charge is 2.25. The fraction of sp³-hybridized carbons (Fsp3) is 0.750. The van der Waals surface area contributed by atoms with Crippen molar-refractivity contribution >= 4 is 5.96 Å². The molecule has 26 heavy (non-hydrogen) atoms. The third kappa shape index (κ3) is 6.65. The summed E-state index contributed by atoms with van der Waals surface area (Å²) in [5.41, 5.74) is 0.175. The Morgan fingerprint density at radius 2 is 2.00 bits per heavy atom. The van der Waals surface area contributed by atoms with Crippen LogP contribution in [0.4, 0.5) is 0 Å². The molecule has 148 valence electrons. The molecule has 1 atom stereocenters. The summed E-state index contributed by atoms with van der Waals surface area (Å²) in [5.74, 6) is 1.88. The Kier molecular flexibility index (Phi) is 7.97. The van der Waals surface area contributed by atoms with E-state index >= 15 is 0 Å². The number of furan rings is 1. The molecule has 0 aliphatic carbocycles. The first-order valence-corrected chi connectivity index (χ1v) is 9.78. The Balaban J connectivity index is 1.91. The lowest BCUT2D eigenvalue weighted by Gasteiger charge is -2.34. The monoisotopic (exact) mass is 363 g/mol. The van der Waals surface area contributed by atoms with Gasteiger partial charge >= 0.3 is 0 Å². The minimum absolute atomic E-state index is 0.175. The molecular weight excluding hydrogens is 326 g/mol. The number of hydrogen-bond acceptors (Lipinski definition) is 4. The van der Waals surface area contributed by atoms with Gasteiger partial charge < -0.3 is 20.0 Å². The predicted molar refractivity (Wildman–Crippen MR) is 109 cm³/mol. The van der Waals surface area contributed by atoms with Crippen LogP contribution in [-0.2, 0) is 0 Å². The molecule has 0 aromatic carbocycles. The first kappa shape index (κ1) is 20.8. The zero-order valence-corrected chi connectivity index (χ0v) is 17.2. The molecule has 2 N–H and O–H groups in total. The highest BCUT2D eigenvalue weighted by Crippen LogP contribution is 2.24. The fourth-order valence-corrected chi connectivity index (χ4v) is 3.77. The molecule has 0 saturated carbocycles. The van der Waals surface area contributed by atoms with Gasteiger partial charge in [-0.1, -0.05) is 20.3 Å².